The van der Waals surface area contributed by atoms with E-state index in [2.05, 4.69) is 46.8 Å². The lowest BCUT2D eigenvalue weighted by molar-refractivity contribution is -0.139. The third kappa shape index (κ3) is 3.78. The summed E-state index contributed by atoms with van der Waals surface area (Å²) < 4.78 is 5.04. The molecule has 0 spiro atoms. The van der Waals surface area contributed by atoms with Crippen molar-refractivity contribution >= 4 is 5.97 Å². The number of fused-ring (bicyclic) bond motifs is 1. The molecule has 2 rings (SSSR count). The highest BCUT2D eigenvalue weighted by Gasteiger charge is 2.52. The first-order chi connectivity index (χ1) is 11.2. The molecule has 2 aliphatic rings. The van der Waals surface area contributed by atoms with Crippen LogP contribution in [0, 0.1) is 22.7 Å². The van der Waals surface area contributed by atoms with Gasteiger partial charge in [-0.05, 0) is 81.1 Å². The summed E-state index contributed by atoms with van der Waals surface area (Å²) in [5.74, 6) is 1.37. The quantitative estimate of drug-likeness (QED) is 0.451. The Labute approximate surface area is 148 Å². The summed E-state index contributed by atoms with van der Waals surface area (Å²) in [4.78, 5) is 10.9. The highest BCUT2D eigenvalue weighted by atomic mass is 16.5. The van der Waals surface area contributed by atoms with Crippen molar-refractivity contribution in [2.24, 2.45) is 22.7 Å². The number of hydrogen-bond donors (Lipinski definition) is 0. The van der Waals surface area contributed by atoms with Crippen molar-refractivity contribution in [3.8, 4) is 0 Å². The molecule has 0 bridgehead atoms. The molecule has 136 valence electrons. The monoisotopic (exact) mass is 332 g/mol. The number of allylic oxidation sites excluding steroid dienone is 3. The fourth-order valence-electron chi connectivity index (χ4n) is 5.20. The summed E-state index contributed by atoms with van der Waals surface area (Å²) in [7, 11) is 0. The minimum Gasteiger partial charge on any atom is -0.462 e. The highest BCUT2D eigenvalue weighted by molar-refractivity contribution is 5.66. The van der Waals surface area contributed by atoms with Gasteiger partial charge in [0.1, 0.15) is 6.61 Å². The number of carbonyl (C=O) groups is 1. The molecule has 0 aromatic carbocycles. The van der Waals surface area contributed by atoms with Gasteiger partial charge >= 0.3 is 5.97 Å². The van der Waals surface area contributed by atoms with E-state index in [0.29, 0.717) is 17.4 Å². The molecule has 0 aromatic heterocycles. The van der Waals surface area contributed by atoms with E-state index in [9.17, 15) is 4.79 Å². The molecule has 1 saturated carbocycles. The number of rotatable bonds is 5. The second-order valence-electron chi connectivity index (χ2n) is 8.73. The third-order valence-electron chi connectivity index (χ3n) is 7.37. The van der Waals surface area contributed by atoms with E-state index >= 15 is 0 Å². The Morgan fingerprint density at radius 1 is 1.33 bits per heavy atom. The molecule has 0 aromatic rings. The smallest absolute Gasteiger partial charge is 0.302 e. The van der Waals surface area contributed by atoms with Gasteiger partial charge in [-0.15, -0.1) is 0 Å². The average molecular weight is 333 g/mol. The normalized spacial score (nSPS) is 36.8. The van der Waals surface area contributed by atoms with Gasteiger partial charge in [0.15, 0.2) is 0 Å². The van der Waals surface area contributed by atoms with Gasteiger partial charge in [0.05, 0.1) is 0 Å². The summed E-state index contributed by atoms with van der Waals surface area (Å²) >= 11 is 0. The maximum atomic E-state index is 10.9. The van der Waals surface area contributed by atoms with E-state index in [0.717, 1.165) is 18.3 Å². The molecular weight excluding hydrogens is 296 g/mol. The fourth-order valence-corrected chi connectivity index (χ4v) is 5.20. The van der Waals surface area contributed by atoms with Crippen LogP contribution in [-0.4, -0.2) is 12.6 Å². The van der Waals surface area contributed by atoms with E-state index in [1.807, 2.05) is 0 Å². The average Bonchev–Trinajstić information content (AvgIpc) is 2.51. The Hall–Kier alpha value is -1.05. The number of hydrogen-bond acceptors (Lipinski definition) is 2. The largest absolute Gasteiger partial charge is 0.462 e. The molecule has 0 N–H and O–H groups in total. The molecule has 2 nitrogen and oxygen atoms in total. The van der Waals surface area contributed by atoms with Crippen LogP contribution in [0.4, 0.5) is 0 Å². The third-order valence-corrected chi connectivity index (χ3v) is 7.37. The van der Waals surface area contributed by atoms with Gasteiger partial charge in [-0.2, -0.15) is 0 Å². The lowest BCUT2D eigenvalue weighted by Gasteiger charge is -2.58. The second kappa shape index (κ2) is 7.45. The van der Waals surface area contributed by atoms with Gasteiger partial charge in [-0.3, -0.25) is 4.79 Å². The molecule has 0 heterocycles. The maximum Gasteiger partial charge on any atom is 0.302 e. The van der Waals surface area contributed by atoms with Gasteiger partial charge in [-0.25, -0.2) is 0 Å². The number of carbonyl (C=O) groups excluding carboxylic acids is 1. The molecule has 4 unspecified atom stereocenters. The van der Waals surface area contributed by atoms with Crippen molar-refractivity contribution in [2.75, 3.05) is 6.61 Å². The summed E-state index contributed by atoms with van der Waals surface area (Å²) in [6, 6.07) is 0. The van der Waals surface area contributed by atoms with E-state index in [1.54, 1.807) is 5.57 Å². The first-order valence-electron chi connectivity index (χ1n) is 9.66. The Balaban J connectivity index is 2.08. The summed E-state index contributed by atoms with van der Waals surface area (Å²) in [6.45, 7) is 13.9. The van der Waals surface area contributed by atoms with Crippen LogP contribution in [0.25, 0.3) is 0 Å². The van der Waals surface area contributed by atoms with Crippen molar-refractivity contribution in [3.05, 3.63) is 23.3 Å². The van der Waals surface area contributed by atoms with Crippen LogP contribution in [0.5, 0.6) is 0 Å². The van der Waals surface area contributed by atoms with Crippen LogP contribution in [0.2, 0.25) is 0 Å². The van der Waals surface area contributed by atoms with Gasteiger partial charge in [0, 0.05) is 6.92 Å². The summed E-state index contributed by atoms with van der Waals surface area (Å²) in [6.07, 6.45) is 12.2. The molecule has 4 atom stereocenters. The summed E-state index contributed by atoms with van der Waals surface area (Å²) in [5, 5.41) is 0. The predicted molar refractivity (Wildman–Crippen MR) is 101 cm³/mol. The minimum atomic E-state index is -0.202. The van der Waals surface area contributed by atoms with Crippen molar-refractivity contribution in [3.63, 3.8) is 0 Å². The predicted octanol–water partition coefficient (Wildman–Crippen LogP) is 6.07. The molecule has 2 aliphatic carbocycles. The molecule has 2 heteroatoms. The van der Waals surface area contributed by atoms with Gasteiger partial charge in [-0.1, -0.05) is 38.0 Å². The molecule has 0 amide bonds. The Kier molecular flexibility index (Phi) is 5.99. The van der Waals surface area contributed by atoms with Crippen molar-refractivity contribution < 1.29 is 9.53 Å². The number of ether oxygens (including phenoxy) is 1. The van der Waals surface area contributed by atoms with Gasteiger partial charge in [0.2, 0.25) is 0 Å². The lowest BCUT2D eigenvalue weighted by atomic mass is 9.47. The zero-order chi connectivity index (χ0) is 18.0. The Morgan fingerprint density at radius 3 is 2.71 bits per heavy atom. The zero-order valence-corrected chi connectivity index (χ0v) is 16.6. The standard InChI is InChI=1S/C22H36O2/c1-16(12-15-24-19(4)23)10-13-21(5)18(3)11-14-22(6)17(2)8-7-9-20(21)22/h8,12,18,20H,7,9-11,13-15H2,1-6H3/b16-12+. The molecular formula is C22H36O2. The summed E-state index contributed by atoms with van der Waals surface area (Å²) in [5.41, 5.74) is 3.77. The zero-order valence-electron chi connectivity index (χ0n) is 16.6. The Morgan fingerprint density at radius 2 is 2.04 bits per heavy atom. The topological polar surface area (TPSA) is 26.3 Å². The van der Waals surface area contributed by atoms with Crippen molar-refractivity contribution in [1.82, 2.24) is 0 Å². The van der Waals surface area contributed by atoms with Crippen LogP contribution in [-0.2, 0) is 9.53 Å². The maximum absolute atomic E-state index is 10.9. The molecule has 0 radical (unpaired) electrons. The number of esters is 1. The van der Waals surface area contributed by atoms with Crippen LogP contribution in [0.3, 0.4) is 0 Å². The second-order valence-corrected chi connectivity index (χ2v) is 8.73. The van der Waals surface area contributed by atoms with Crippen LogP contribution < -0.4 is 0 Å². The van der Waals surface area contributed by atoms with Crippen molar-refractivity contribution in [1.29, 1.82) is 0 Å². The van der Waals surface area contributed by atoms with E-state index < -0.39 is 0 Å². The molecule has 24 heavy (non-hydrogen) atoms. The fraction of sp³-hybridized carbons (Fsp3) is 0.773. The molecule has 1 fully saturated rings. The van der Waals surface area contributed by atoms with Gasteiger partial charge < -0.3 is 4.74 Å². The van der Waals surface area contributed by atoms with E-state index in [1.165, 1.54) is 44.6 Å². The van der Waals surface area contributed by atoms with Crippen LogP contribution in [0.1, 0.15) is 80.1 Å². The first-order valence-corrected chi connectivity index (χ1v) is 9.66. The van der Waals surface area contributed by atoms with Crippen LogP contribution in [0.15, 0.2) is 23.3 Å². The lowest BCUT2D eigenvalue weighted by Crippen LogP contribution is -2.49. The van der Waals surface area contributed by atoms with E-state index in [4.69, 9.17) is 4.74 Å². The first kappa shape index (κ1) is 19.3. The minimum absolute atomic E-state index is 0.202. The Bertz CT molecular complexity index is 530. The van der Waals surface area contributed by atoms with Gasteiger partial charge in [0.25, 0.3) is 0 Å². The molecule has 0 saturated heterocycles. The van der Waals surface area contributed by atoms with Crippen molar-refractivity contribution in [2.45, 2.75) is 80.1 Å². The van der Waals surface area contributed by atoms with Crippen LogP contribution >= 0.6 is 0 Å². The van der Waals surface area contributed by atoms with E-state index in [-0.39, 0.29) is 5.97 Å². The SMILES string of the molecule is CC(=O)OC/C=C(\C)CCC1(C)C(C)CCC2(C)C(C)=CCCC21. The highest BCUT2D eigenvalue weighted by Crippen LogP contribution is 2.61. The molecule has 0 aliphatic heterocycles.